The Morgan fingerprint density at radius 3 is 2.84 bits per heavy atom. The van der Waals surface area contributed by atoms with Crippen molar-refractivity contribution in [2.75, 3.05) is 18.5 Å². The minimum absolute atomic E-state index is 0.0350. The number of nitro groups is 1. The van der Waals surface area contributed by atoms with Gasteiger partial charge in [0.15, 0.2) is 5.84 Å². The number of oxime groups is 1. The first-order chi connectivity index (χ1) is 9.02. The van der Waals surface area contributed by atoms with E-state index in [9.17, 15) is 10.1 Å². The average Bonchev–Trinajstić information content (AvgIpc) is 3.20. The van der Waals surface area contributed by atoms with Gasteiger partial charge in [0.05, 0.1) is 4.92 Å². The van der Waals surface area contributed by atoms with E-state index in [2.05, 4.69) is 5.16 Å². The van der Waals surface area contributed by atoms with Crippen LogP contribution in [0.25, 0.3) is 0 Å². The molecule has 1 fully saturated rings. The summed E-state index contributed by atoms with van der Waals surface area (Å²) in [4.78, 5) is 12.6. The third-order valence-electron chi connectivity index (χ3n) is 3.22. The van der Waals surface area contributed by atoms with Gasteiger partial charge in [0.1, 0.15) is 5.69 Å². The number of benzene rings is 1. The molecule has 0 atom stereocenters. The molecule has 7 heteroatoms. The molecule has 19 heavy (non-hydrogen) atoms. The number of nitrogens with zero attached hydrogens (tertiary/aromatic N) is 3. The van der Waals surface area contributed by atoms with Crippen LogP contribution in [0.2, 0.25) is 0 Å². The smallest absolute Gasteiger partial charge is 0.293 e. The van der Waals surface area contributed by atoms with Crippen LogP contribution >= 0.6 is 0 Å². The molecule has 0 bridgehead atoms. The fourth-order valence-corrected chi connectivity index (χ4v) is 2.00. The molecular formula is C12H16N4O3. The van der Waals surface area contributed by atoms with Gasteiger partial charge < -0.3 is 15.8 Å². The Morgan fingerprint density at radius 2 is 2.32 bits per heavy atom. The number of rotatable bonds is 5. The molecule has 102 valence electrons. The van der Waals surface area contributed by atoms with Crippen LogP contribution in [0.1, 0.15) is 18.4 Å². The van der Waals surface area contributed by atoms with Crippen molar-refractivity contribution in [2.45, 2.75) is 12.8 Å². The van der Waals surface area contributed by atoms with E-state index in [1.165, 1.54) is 18.9 Å². The predicted molar refractivity (Wildman–Crippen MR) is 71.6 cm³/mol. The van der Waals surface area contributed by atoms with Gasteiger partial charge in [0.25, 0.3) is 5.69 Å². The molecule has 1 aliphatic rings. The van der Waals surface area contributed by atoms with E-state index in [4.69, 9.17) is 10.9 Å². The molecule has 1 saturated carbocycles. The van der Waals surface area contributed by atoms with Crippen molar-refractivity contribution in [3.8, 4) is 0 Å². The lowest BCUT2D eigenvalue weighted by Crippen LogP contribution is -2.21. The third-order valence-corrected chi connectivity index (χ3v) is 3.22. The Labute approximate surface area is 110 Å². The van der Waals surface area contributed by atoms with Gasteiger partial charge in [-0.2, -0.15) is 0 Å². The van der Waals surface area contributed by atoms with Crippen LogP contribution in [-0.2, 0) is 0 Å². The summed E-state index contributed by atoms with van der Waals surface area (Å²) < 4.78 is 0. The first-order valence-electron chi connectivity index (χ1n) is 6.00. The zero-order valence-electron chi connectivity index (χ0n) is 10.6. The zero-order chi connectivity index (χ0) is 14.0. The normalized spacial score (nSPS) is 15.3. The lowest BCUT2D eigenvalue weighted by Gasteiger charge is -2.19. The molecule has 0 aliphatic heterocycles. The van der Waals surface area contributed by atoms with Gasteiger partial charge in [-0.05, 0) is 30.9 Å². The molecule has 0 aromatic heterocycles. The Kier molecular flexibility index (Phi) is 3.55. The number of amidine groups is 1. The van der Waals surface area contributed by atoms with Crippen LogP contribution in [0.3, 0.4) is 0 Å². The monoisotopic (exact) mass is 264 g/mol. The van der Waals surface area contributed by atoms with E-state index in [1.807, 2.05) is 11.9 Å². The fourth-order valence-electron chi connectivity index (χ4n) is 2.00. The first-order valence-corrected chi connectivity index (χ1v) is 6.00. The van der Waals surface area contributed by atoms with E-state index >= 15 is 0 Å². The molecule has 0 spiro atoms. The van der Waals surface area contributed by atoms with Crippen LogP contribution in [0, 0.1) is 16.0 Å². The summed E-state index contributed by atoms with van der Waals surface area (Å²) in [6, 6.07) is 4.57. The van der Waals surface area contributed by atoms with Gasteiger partial charge >= 0.3 is 0 Å². The van der Waals surface area contributed by atoms with Crippen LogP contribution in [0.4, 0.5) is 11.4 Å². The lowest BCUT2D eigenvalue weighted by molar-refractivity contribution is -0.384. The number of anilines is 1. The van der Waals surface area contributed by atoms with Crippen LogP contribution in [0.15, 0.2) is 23.4 Å². The molecule has 0 unspecified atom stereocenters. The summed E-state index contributed by atoms with van der Waals surface area (Å²) in [7, 11) is 1.84. The second kappa shape index (κ2) is 5.13. The zero-order valence-corrected chi connectivity index (χ0v) is 10.6. The van der Waals surface area contributed by atoms with Crippen molar-refractivity contribution < 1.29 is 10.1 Å². The molecule has 1 aliphatic carbocycles. The fraction of sp³-hybridized carbons (Fsp3) is 0.417. The number of hydrogen-bond acceptors (Lipinski definition) is 5. The maximum atomic E-state index is 11.1. The second-order valence-electron chi connectivity index (χ2n) is 4.77. The molecule has 1 aromatic rings. The number of hydrogen-bond donors (Lipinski definition) is 2. The molecule has 2 rings (SSSR count). The highest BCUT2D eigenvalue weighted by Gasteiger charge is 2.26. The van der Waals surface area contributed by atoms with Gasteiger partial charge in [-0.15, -0.1) is 0 Å². The van der Waals surface area contributed by atoms with Crippen LogP contribution < -0.4 is 10.6 Å². The van der Waals surface area contributed by atoms with Gasteiger partial charge in [-0.1, -0.05) is 5.16 Å². The Balaban J connectivity index is 2.34. The highest BCUT2D eigenvalue weighted by atomic mass is 16.6. The van der Waals surface area contributed by atoms with Crippen LogP contribution in [-0.4, -0.2) is 29.6 Å². The molecule has 0 radical (unpaired) electrons. The molecule has 1 aromatic carbocycles. The first kappa shape index (κ1) is 13.1. The van der Waals surface area contributed by atoms with Gasteiger partial charge in [0, 0.05) is 25.2 Å². The van der Waals surface area contributed by atoms with Gasteiger partial charge in [0.2, 0.25) is 0 Å². The van der Waals surface area contributed by atoms with Crippen molar-refractivity contribution in [1.29, 1.82) is 0 Å². The van der Waals surface area contributed by atoms with Crippen molar-refractivity contribution in [3.05, 3.63) is 33.9 Å². The third kappa shape index (κ3) is 2.93. The Morgan fingerprint density at radius 1 is 1.63 bits per heavy atom. The molecule has 0 amide bonds. The molecular weight excluding hydrogens is 248 g/mol. The highest BCUT2D eigenvalue weighted by Crippen LogP contribution is 2.34. The van der Waals surface area contributed by atoms with Crippen LogP contribution in [0.5, 0.6) is 0 Å². The molecule has 0 heterocycles. The minimum atomic E-state index is -0.452. The molecule has 0 saturated heterocycles. The van der Waals surface area contributed by atoms with E-state index in [-0.39, 0.29) is 11.5 Å². The summed E-state index contributed by atoms with van der Waals surface area (Å²) in [5.41, 5.74) is 6.29. The molecule has 7 nitrogen and oxygen atoms in total. The van der Waals surface area contributed by atoms with E-state index in [1.54, 1.807) is 12.1 Å². The van der Waals surface area contributed by atoms with E-state index < -0.39 is 4.92 Å². The van der Waals surface area contributed by atoms with E-state index in [0.717, 1.165) is 6.54 Å². The summed E-state index contributed by atoms with van der Waals surface area (Å²) in [6.07, 6.45) is 2.36. The van der Waals surface area contributed by atoms with Gasteiger partial charge in [-0.25, -0.2) is 0 Å². The quantitative estimate of drug-likeness (QED) is 0.276. The number of nitro benzene ring substituents is 1. The standard InChI is InChI=1S/C12H16N4O3/c1-15(7-8-2-3-8)10-5-4-9(12(13)14-17)6-11(10)16(18)19/h4-6,8,17H,2-3,7H2,1H3,(H2,13,14). The van der Waals surface area contributed by atoms with E-state index in [0.29, 0.717) is 17.2 Å². The maximum Gasteiger partial charge on any atom is 0.293 e. The summed E-state index contributed by atoms with van der Waals surface area (Å²) >= 11 is 0. The number of nitrogens with two attached hydrogens (primary N) is 1. The summed E-state index contributed by atoms with van der Waals surface area (Å²) in [6.45, 7) is 0.809. The van der Waals surface area contributed by atoms with Crippen molar-refractivity contribution in [3.63, 3.8) is 0 Å². The maximum absolute atomic E-state index is 11.1. The summed E-state index contributed by atoms with van der Waals surface area (Å²) in [5.74, 6) is 0.493. The largest absolute Gasteiger partial charge is 0.409 e. The second-order valence-corrected chi connectivity index (χ2v) is 4.77. The molecule has 3 N–H and O–H groups in total. The average molecular weight is 264 g/mol. The van der Waals surface area contributed by atoms with Gasteiger partial charge in [-0.3, -0.25) is 10.1 Å². The van der Waals surface area contributed by atoms with Crippen molar-refractivity contribution >= 4 is 17.2 Å². The Bertz CT molecular complexity index is 526. The topological polar surface area (TPSA) is 105 Å². The van der Waals surface area contributed by atoms with Crippen molar-refractivity contribution in [1.82, 2.24) is 0 Å². The Hall–Kier alpha value is -2.31. The predicted octanol–water partition coefficient (Wildman–Crippen LogP) is 1.54. The van der Waals surface area contributed by atoms with Crippen molar-refractivity contribution in [2.24, 2.45) is 16.8 Å². The lowest BCUT2D eigenvalue weighted by atomic mass is 10.1. The SMILES string of the molecule is CN(CC1CC1)c1ccc(C(N)=NO)cc1[N+](=O)[O-]. The minimum Gasteiger partial charge on any atom is -0.409 e. The summed E-state index contributed by atoms with van der Waals surface area (Å²) in [5, 5.41) is 22.6. The highest BCUT2D eigenvalue weighted by molar-refractivity contribution is 5.98.